The molecule has 5 heteroatoms. The summed E-state index contributed by atoms with van der Waals surface area (Å²) in [6.45, 7) is 3.34. The highest BCUT2D eigenvalue weighted by molar-refractivity contribution is 5.68. The van der Waals surface area contributed by atoms with Crippen LogP contribution in [0.2, 0.25) is 0 Å². The molecule has 0 fully saturated rings. The van der Waals surface area contributed by atoms with Crippen LogP contribution in [0.3, 0.4) is 0 Å². The molecule has 90 valence electrons. The summed E-state index contributed by atoms with van der Waals surface area (Å²) in [7, 11) is 1.61. The molecule has 17 heavy (non-hydrogen) atoms. The highest BCUT2D eigenvalue weighted by Gasteiger charge is 2.25. The molecule has 0 aromatic heterocycles. The van der Waals surface area contributed by atoms with Crippen molar-refractivity contribution in [2.45, 2.75) is 19.4 Å². The number of nitrogens with zero attached hydrogens (tertiary/aromatic N) is 1. The summed E-state index contributed by atoms with van der Waals surface area (Å²) in [5.41, 5.74) is -0.615. The van der Waals surface area contributed by atoms with E-state index < -0.39 is 10.5 Å². The van der Waals surface area contributed by atoms with Gasteiger partial charge in [0, 0.05) is 7.05 Å². The first-order valence-corrected chi connectivity index (χ1v) is 5.03. The van der Waals surface area contributed by atoms with Gasteiger partial charge < -0.3 is 10.1 Å². The van der Waals surface area contributed by atoms with Gasteiger partial charge in [-0.05, 0) is 26.0 Å². The van der Waals surface area contributed by atoms with Crippen molar-refractivity contribution in [1.29, 1.82) is 0 Å². The zero-order valence-electron chi connectivity index (χ0n) is 9.98. The summed E-state index contributed by atoms with van der Waals surface area (Å²) in [6.07, 6.45) is 5.29. The van der Waals surface area contributed by atoms with Gasteiger partial charge in [0.2, 0.25) is 5.75 Å². The third-order valence-electron chi connectivity index (χ3n) is 2.16. The van der Waals surface area contributed by atoms with E-state index in [2.05, 4.69) is 11.2 Å². The van der Waals surface area contributed by atoms with E-state index in [4.69, 9.17) is 11.2 Å². The Bertz CT molecular complexity index is 475. The number of benzene rings is 1. The van der Waals surface area contributed by atoms with Crippen LogP contribution >= 0.6 is 0 Å². The van der Waals surface area contributed by atoms with Crippen molar-refractivity contribution >= 4 is 11.4 Å². The second-order valence-corrected chi connectivity index (χ2v) is 3.92. The molecule has 1 aromatic carbocycles. The van der Waals surface area contributed by atoms with Gasteiger partial charge in [-0.25, -0.2) is 0 Å². The van der Waals surface area contributed by atoms with Crippen LogP contribution in [0.5, 0.6) is 5.75 Å². The number of hydrogen-bond donors (Lipinski definition) is 1. The van der Waals surface area contributed by atoms with Crippen molar-refractivity contribution in [3.8, 4) is 18.1 Å². The van der Waals surface area contributed by atoms with Crippen molar-refractivity contribution in [2.75, 3.05) is 12.4 Å². The molecule has 1 N–H and O–H groups in total. The molecule has 0 saturated carbocycles. The third-order valence-corrected chi connectivity index (χ3v) is 2.16. The van der Waals surface area contributed by atoms with Crippen LogP contribution in [0.1, 0.15) is 13.8 Å². The summed E-state index contributed by atoms with van der Waals surface area (Å²) in [4.78, 5) is 10.5. The lowest BCUT2D eigenvalue weighted by atomic mass is 10.1. The molecule has 0 aliphatic carbocycles. The predicted octanol–water partition coefficient (Wildman–Crippen LogP) is 2.43. The fourth-order valence-electron chi connectivity index (χ4n) is 1.30. The first-order valence-electron chi connectivity index (χ1n) is 5.03. The minimum atomic E-state index is -0.892. The number of para-hydroxylation sites is 1. The summed E-state index contributed by atoms with van der Waals surface area (Å²) < 4.78 is 5.47. The Hall–Kier alpha value is -2.22. The van der Waals surface area contributed by atoms with Crippen LogP contribution in [-0.2, 0) is 0 Å². The maximum atomic E-state index is 11.0. The summed E-state index contributed by atoms with van der Waals surface area (Å²) in [6, 6.07) is 4.80. The molecule has 0 atom stereocenters. The molecule has 0 bridgehead atoms. The van der Waals surface area contributed by atoms with Gasteiger partial charge in [0.1, 0.15) is 5.69 Å². The number of anilines is 1. The number of nitrogens with one attached hydrogen (secondary N) is 1. The SMILES string of the molecule is C#CC(C)(C)Oc1cccc(NC)c1[N+](=O)[O-]. The molecule has 1 rings (SSSR count). The first kappa shape index (κ1) is 12.8. The molecule has 0 radical (unpaired) electrons. The number of hydrogen-bond acceptors (Lipinski definition) is 4. The summed E-state index contributed by atoms with van der Waals surface area (Å²) in [5.74, 6) is 2.59. The number of terminal acetylenes is 1. The van der Waals surface area contributed by atoms with E-state index >= 15 is 0 Å². The van der Waals surface area contributed by atoms with Gasteiger partial charge in [0.15, 0.2) is 5.60 Å². The average Bonchev–Trinajstić information content (AvgIpc) is 2.27. The third kappa shape index (κ3) is 2.88. The van der Waals surface area contributed by atoms with E-state index in [-0.39, 0.29) is 11.4 Å². The van der Waals surface area contributed by atoms with Gasteiger partial charge in [-0.2, -0.15) is 0 Å². The molecular weight excluding hydrogens is 220 g/mol. The van der Waals surface area contributed by atoms with Gasteiger partial charge in [0.05, 0.1) is 4.92 Å². The normalized spacial score (nSPS) is 10.5. The van der Waals surface area contributed by atoms with Crippen LogP contribution in [0.25, 0.3) is 0 Å². The lowest BCUT2D eigenvalue weighted by molar-refractivity contribution is -0.385. The molecule has 1 aromatic rings. The topological polar surface area (TPSA) is 64.4 Å². The number of nitro benzene ring substituents is 1. The lowest BCUT2D eigenvalue weighted by Gasteiger charge is -2.20. The van der Waals surface area contributed by atoms with Crippen LogP contribution in [0, 0.1) is 22.5 Å². The zero-order chi connectivity index (χ0) is 13.1. The largest absolute Gasteiger partial charge is 0.468 e. The van der Waals surface area contributed by atoms with Crippen molar-refractivity contribution in [1.82, 2.24) is 0 Å². The molecule has 0 spiro atoms. The van der Waals surface area contributed by atoms with Crippen molar-refractivity contribution < 1.29 is 9.66 Å². The van der Waals surface area contributed by atoms with E-state index in [1.807, 2.05) is 0 Å². The molecular formula is C12H14N2O3. The second-order valence-electron chi connectivity index (χ2n) is 3.92. The molecule has 0 saturated heterocycles. The van der Waals surface area contributed by atoms with E-state index in [0.717, 1.165) is 0 Å². The van der Waals surface area contributed by atoms with Crippen molar-refractivity contribution in [2.24, 2.45) is 0 Å². The zero-order valence-corrected chi connectivity index (χ0v) is 9.98. The minimum absolute atomic E-state index is 0.113. The highest BCUT2D eigenvalue weighted by atomic mass is 16.6. The molecule has 0 unspecified atom stereocenters. The van der Waals surface area contributed by atoms with E-state index in [0.29, 0.717) is 5.69 Å². The smallest absolute Gasteiger partial charge is 0.333 e. The Morgan fingerprint density at radius 2 is 2.18 bits per heavy atom. The van der Waals surface area contributed by atoms with Crippen LogP contribution in [0.15, 0.2) is 18.2 Å². The average molecular weight is 234 g/mol. The maximum Gasteiger partial charge on any atom is 0.333 e. The molecule has 0 amide bonds. The van der Waals surface area contributed by atoms with Gasteiger partial charge in [-0.15, -0.1) is 6.42 Å². The fourth-order valence-corrected chi connectivity index (χ4v) is 1.30. The molecule has 0 aliphatic heterocycles. The number of ether oxygens (including phenoxy) is 1. The molecule has 5 nitrogen and oxygen atoms in total. The van der Waals surface area contributed by atoms with E-state index in [1.54, 1.807) is 33.0 Å². The fraction of sp³-hybridized carbons (Fsp3) is 0.333. The lowest BCUT2D eigenvalue weighted by Crippen LogP contribution is -2.26. The monoisotopic (exact) mass is 234 g/mol. The molecule has 0 heterocycles. The van der Waals surface area contributed by atoms with Crippen LogP contribution in [-0.4, -0.2) is 17.6 Å². The van der Waals surface area contributed by atoms with Crippen LogP contribution < -0.4 is 10.1 Å². The van der Waals surface area contributed by atoms with Gasteiger partial charge in [-0.3, -0.25) is 10.1 Å². The van der Waals surface area contributed by atoms with Crippen LogP contribution in [0.4, 0.5) is 11.4 Å². The quantitative estimate of drug-likeness (QED) is 0.493. The number of nitro groups is 1. The van der Waals surface area contributed by atoms with E-state index in [9.17, 15) is 10.1 Å². The van der Waals surface area contributed by atoms with Gasteiger partial charge in [0.25, 0.3) is 0 Å². The highest BCUT2D eigenvalue weighted by Crippen LogP contribution is 2.36. The Labute approximate surface area is 99.9 Å². The Morgan fingerprint density at radius 1 is 1.53 bits per heavy atom. The maximum absolute atomic E-state index is 11.0. The standard InChI is InChI=1S/C12H14N2O3/c1-5-12(2,3)17-10-8-6-7-9(13-4)11(10)14(15)16/h1,6-8,13H,2-4H3. The van der Waals surface area contributed by atoms with Gasteiger partial charge >= 0.3 is 5.69 Å². The second kappa shape index (κ2) is 4.74. The first-order chi connectivity index (χ1) is 7.91. The Morgan fingerprint density at radius 3 is 2.65 bits per heavy atom. The van der Waals surface area contributed by atoms with Crippen molar-refractivity contribution in [3.05, 3.63) is 28.3 Å². The minimum Gasteiger partial charge on any atom is -0.468 e. The molecule has 0 aliphatic rings. The predicted molar refractivity (Wildman–Crippen MR) is 66.2 cm³/mol. The van der Waals surface area contributed by atoms with E-state index in [1.165, 1.54) is 6.07 Å². The Kier molecular flexibility index (Phi) is 3.59. The van der Waals surface area contributed by atoms with Gasteiger partial charge in [-0.1, -0.05) is 12.0 Å². The van der Waals surface area contributed by atoms with Crippen molar-refractivity contribution in [3.63, 3.8) is 0 Å². The number of rotatable bonds is 4. The Balaban J connectivity index is 3.25. The summed E-state index contributed by atoms with van der Waals surface area (Å²) in [5, 5.41) is 13.8. The summed E-state index contributed by atoms with van der Waals surface area (Å²) >= 11 is 0.